The van der Waals surface area contributed by atoms with Crippen molar-refractivity contribution in [2.24, 2.45) is 0 Å². The highest BCUT2D eigenvalue weighted by atomic mass is 16.5. The number of nitrogens with one attached hydrogen (secondary N) is 1. The van der Waals surface area contributed by atoms with Crippen LogP contribution in [0, 0.1) is 0 Å². The van der Waals surface area contributed by atoms with Crippen LogP contribution in [0.2, 0.25) is 0 Å². The molecular weight excluding hydrogens is 308 g/mol. The molecule has 0 atom stereocenters. The SMILES string of the molecule is COc1ccccc1N1CCN(CC(=O)NCC(=O)N(C)C)CC1. The number of methoxy groups -OCH3 is 1. The standard InChI is InChI=1S/C17H26N4O3/c1-19(2)17(23)12-18-16(22)13-20-8-10-21(11-9-20)14-6-4-5-7-15(14)24-3/h4-7H,8-13H2,1-3H3,(H,18,22). The molecule has 2 rings (SSSR count). The molecule has 0 unspecified atom stereocenters. The third-order valence-electron chi connectivity index (χ3n) is 4.10. The topological polar surface area (TPSA) is 65.1 Å². The minimum absolute atomic E-state index is 0.0486. The first-order chi connectivity index (χ1) is 11.5. The first kappa shape index (κ1) is 18.1. The fourth-order valence-corrected chi connectivity index (χ4v) is 2.63. The number of anilines is 1. The Balaban J connectivity index is 1.78. The van der Waals surface area contributed by atoms with E-state index in [1.165, 1.54) is 4.90 Å². The molecule has 0 aromatic heterocycles. The van der Waals surface area contributed by atoms with E-state index in [1.807, 2.05) is 24.3 Å². The molecule has 0 radical (unpaired) electrons. The molecule has 2 amide bonds. The molecule has 1 fully saturated rings. The summed E-state index contributed by atoms with van der Waals surface area (Å²) < 4.78 is 5.41. The van der Waals surface area contributed by atoms with Gasteiger partial charge in [0.25, 0.3) is 0 Å². The molecule has 0 spiro atoms. The van der Waals surface area contributed by atoms with Crippen LogP contribution in [0.5, 0.6) is 5.75 Å². The third kappa shape index (κ3) is 4.86. The van der Waals surface area contributed by atoms with E-state index in [9.17, 15) is 9.59 Å². The van der Waals surface area contributed by atoms with Crippen molar-refractivity contribution in [1.29, 1.82) is 0 Å². The number of benzene rings is 1. The quantitative estimate of drug-likeness (QED) is 0.795. The smallest absolute Gasteiger partial charge is 0.241 e. The van der Waals surface area contributed by atoms with Gasteiger partial charge in [-0.05, 0) is 12.1 Å². The molecular formula is C17H26N4O3. The van der Waals surface area contributed by atoms with Crippen LogP contribution >= 0.6 is 0 Å². The van der Waals surface area contributed by atoms with Crippen molar-refractivity contribution in [2.75, 3.05) is 65.4 Å². The lowest BCUT2D eigenvalue weighted by Gasteiger charge is -2.36. The maximum Gasteiger partial charge on any atom is 0.241 e. The zero-order valence-electron chi connectivity index (χ0n) is 14.6. The number of likely N-dealkylation sites (N-methyl/N-ethyl adjacent to an activating group) is 1. The largest absolute Gasteiger partial charge is 0.495 e. The second-order valence-corrected chi connectivity index (χ2v) is 6.00. The average Bonchev–Trinajstić information content (AvgIpc) is 2.60. The number of ether oxygens (including phenoxy) is 1. The van der Waals surface area contributed by atoms with E-state index < -0.39 is 0 Å². The maximum atomic E-state index is 11.9. The van der Waals surface area contributed by atoms with Gasteiger partial charge in [-0.1, -0.05) is 12.1 Å². The van der Waals surface area contributed by atoms with Crippen molar-refractivity contribution >= 4 is 17.5 Å². The maximum absolute atomic E-state index is 11.9. The van der Waals surface area contributed by atoms with Gasteiger partial charge in [0.15, 0.2) is 0 Å². The molecule has 1 heterocycles. The number of carbonyl (C=O) groups excluding carboxylic acids is 2. The molecule has 1 saturated heterocycles. The highest BCUT2D eigenvalue weighted by Crippen LogP contribution is 2.28. The van der Waals surface area contributed by atoms with E-state index in [1.54, 1.807) is 21.2 Å². The van der Waals surface area contributed by atoms with Gasteiger partial charge in [-0.3, -0.25) is 14.5 Å². The zero-order chi connectivity index (χ0) is 17.5. The Morgan fingerprint density at radius 2 is 1.83 bits per heavy atom. The lowest BCUT2D eigenvalue weighted by atomic mass is 10.2. The van der Waals surface area contributed by atoms with Crippen molar-refractivity contribution < 1.29 is 14.3 Å². The van der Waals surface area contributed by atoms with Crippen LogP contribution < -0.4 is 15.0 Å². The van der Waals surface area contributed by atoms with E-state index in [4.69, 9.17) is 4.74 Å². The molecule has 0 aliphatic carbocycles. The lowest BCUT2D eigenvalue weighted by molar-refractivity contribution is -0.131. The summed E-state index contributed by atoms with van der Waals surface area (Å²) in [5.74, 6) is 0.645. The summed E-state index contributed by atoms with van der Waals surface area (Å²) in [7, 11) is 5.02. The molecule has 1 aliphatic rings. The van der Waals surface area contributed by atoms with E-state index in [-0.39, 0.29) is 18.4 Å². The normalized spacial score (nSPS) is 15.0. The predicted octanol–water partition coefficient (Wildman–Crippen LogP) is 0.0216. The first-order valence-electron chi connectivity index (χ1n) is 8.08. The Kier molecular flexibility index (Phi) is 6.43. The van der Waals surface area contributed by atoms with Crippen LogP contribution in [-0.4, -0.2) is 82.1 Å². The third-order valence-corrected chi connectivity index (χ3v) is 4.10. The van der Waals surface area contributed by atoms with Crippen LogP contribution in [0.25, 0.3) is 0 Å². The second kappa shape index (κ2) is 8.54. The van der Waals surface area contributed by atoms with Gasteiger partial charge in [-0.15, -0.1) is 0 Å². The number of amides is 2. The number of nitrogens with zero attached hydrogens (tertiary/aromatic N) is 3. The summed E-state index contributed by atoms with van der Waals surface area (Å²) in [6.45, 7) is 3.64. The van der Waals surface area contributed by atoms with Crippen molar-refractivity contribution in [3.63, 3.8) is 0 Å². The van der Waals surface area contributed by atoms with Gasteiger partial charge in [0.2, 0.25) is 11.8 Å². The van der Waals surface area contributed by atoms with E-state index in [0.29, 0.717) is 6.54 Å². The van der Waals surface area contributed by atoms with Gasteiger partial charge in [-0.25, -0.2) is 0 Å². The van der Waals surface area contributed by atoms with Crippen LogP contribution in [0.1, 0.15) is 0 Å². The van der Waals surface area contributed by atoms with E-state index in [2.05, 4.69) is 15.1 Å². The summed E-state index contributed by atoms with van der Waals surface area (Å²) in [4.78, 5) is 29.2. The molecule has 7 nitrogen and oxygen atoms in total. The second-order valence-electron chi connectivity index (χ2n) is 6.00. The predicted molar refractivity (Wildman–Crippen MR) is 93.4 cm³/mol. The monoisotopic (exact) mass is 334 g/mol. The van der Waals surface area contributed by atoms with Gasteiger partial charge in [0.1, 0.15) is 5.75 Å². The Morgan fingerprint density at radius 3 is 2.46 bits per heavy atom. The van der Waals surface area contributed by atoms with Gasteiger partial charge in [-0.2, -0.15) is 0 Å². The Bertz CT molecular complexity index is 569. The van der Waals surface area contributed by atoms with E-state index >= 15 is 0 Å². The molecule has 132 valence electrons. The van der Waals surface area contributed by atoms with Crippen molar-refractivity contribution in [2.45, 2.75) is 0 Å². The number of hydrogen-bond acceptors (Lipinski definition) is 5. The molecule has 1 N–H and O–H groups in total. The Hall–Kier alpha value is -2.28. The number of hydrogen-bond donors (Lipinski definition) is 1. The molecule has 1 aromatic rings. The fraction of sp³-hybridized carbons (Fsp3) is 0.529. The minimum Gasteiger partial charge on any atom is -0.495 e. The molecule has 7 heteroatoms. The van der Waals surface area contributed by atoms with Gasteiger partial charge >= 0.3 is 0 Å². The summed E-state index contributed by atoms with van der Waals surface area (Å²) in [6, 6.07) is 7.96. The number of piperazine rings is 1. The van der Waals surface area contributed by atoms with Gasteiger partial charge in [0.05, 0.1) is 25.9 Å². The highest BCUT2D eigenvalue weighted by Gasteiger charge is 2.21. The average molecular weight is 334 g/mol. The van der Waals surface area contributed by atoms with Crippen LogP contribution in [0.15, 0.2) is 24.3 Å². The fourth-order valence-electron chi connectivity index (χ4n) is 2.63. The summed E-state index contributed by atoms with van der Waals surface area (Å²) in [5, 5.41) is 2.67. The molecule has 1 aromatic carbocycles. The van der Waals surface area contributed by atoms with Crippen molar-refractivity contribution in [3.8, 4) is 5.75 Å². The van der Waals surface area contributed by atoms with Gasteiger partial charge in [0, 0.05) is 40.3 Å². The summed E-state index contributed by atoms with van der Waals surface area (Å²) >= 11 is 0. The van der Waals surface area contributed by atoms with E-state index in [0.717, 1.165) is 37.6 Å². The molecule has 0 bridgehead atoms. The van der Waals surface area contributed by atoms with Crippen molar-refractivity contribution in [1.82, 2.24) is 15.1 Å². The highest BCUT2D eigenvalue weighted by molar-refractivity contribution is 5.85. The zero-order valence-corrected chi connectivity index (χ0v) is 14.6. The summed E-state index contributed by atoms with van der Waals surface area (Å²) in [6.07, 6.45) is 0. The van der Waals surface area contributed by atoms with Crippen LogP contribution in [0.3, 0.4) is 0 Å². The lowest BCUT2D eigenvalue weighted by Crippen LogP contribution is -2.50. The first-order valence-corrected chi connectivity index (χ1v) is 8.08. The number of carbonyl (C=O) groups is 2. The van der Waals surface area contributed by atoms with Crippen LogP contribution in [0.4, 0.5) is 5.69 Å². The van der Waals surface area contributed by atoms with Gasteiger partial charge < -0.3 is 19.9 Å². The van der Waals surface area contributed by atoms with Crippen LogP contribution in [-0.2, 0) is 9.59 Å². The summed E-state index contributed by atoms with van der Waals surface area (Å²) in [5.41, 5.74) is 1.08. The molecule has 24 heavy (non-hydrogen) atoms. The Morgan fingerprint density at radius 1 is 1.17 bits per heavy atom. The minimum atomic E-state index is -0.115. The Labute approximate surface area is 143 Å². The molecule has 0 saturated carbocycles. The number of rotatable bonds is 6. The molecule has 1 aliphatic heterocycles. The number of para-hydroxylation sites is 2. The van der Waals surface area contributed by atoms with Crippen molar-refractivity contribution in [3.05, 3.63) is 24.3 Å².